The highest BCUT2D eigenvalue weighted by atomic mass is 32.2. The molecule has 1 fully saturated rings. The van der Waals surface area contributed by atoms with E-state index in [1.54, 1.807) is 18.3 Å². The summed E-state index contributed by atoms with van der Waals surface area (Å²) in [5, 5.41) is 3.11. The Morgan fingerprint density at radius 2 is 1.78 bits per heavy atom. The van der Waals surface area contributed by atoms with Gasteiger partial charge in [0.1, 0.15) is 5.56 Å². The number of carbonyl (C=O) groups excluding carboxylic acids is 1. The number of hydrogen-bond acceptors (Lipinski definition) is 5. The normalized spacial score (nSPS) is 16.8. The molecular formula is C27H32N4O4S. The molecule has 3 aromatic rings. The Hall–Kier alpha value is -3.01. The van der Waals surface area contributed by atoms with Crippen molar-refractivity contribution in [3.63, 3.8) is 0 Å². The van der Waals surface area contributed by atoms with Crippen LogP contribution in [0.1, 0.15) is 41.3 Å². The lowest BCUT2D eigenvalue weighted by atomic mass is 10.0. The number of fused-ring (bicyclic) bond motifs is 2. The van der Waals surface area contributed by atoms with Crippen molar-refractivity contribution in [3.05, 3.63) is 75.6 Å². The monoisotopic (exact) mass is 508 g/mol. The molecule has 190 valence electrons. The summed E-state index contributed by atoms with van der Waals surface area (Å²) in [6.07, 6.45) is 4.57. The maximum absolute atomic E-state index is 13.5. The van der Waals surface area contributed by atoms with Crippen molar-refractivity contribution in [1.82, 2.24) is 19.1 Å². The fraction of sp³-hybridized carbons (Fsp3) is 0.407. The predicted octanol–water partition coefficient (Wildman–Crippen LogP) is 2.59. The summed E-state index contributed by atoms with van der Waals surface area (Å²) in [4.78, 5) is 28.7. The molecule has 5 rings (SSSR count). The summed E-state index contributed by atoms with van der Waals surface area (Å²) < 4.78 is 30.3. The van der Waals surface area contributed by atoms with E-state index < -0.39 is 21.4 Å². The van der Waals surface area contributed by atoms with Crippen LogP contribution in [0.2, 0.25) is 0 Å². The van der Waals surface area contributed by atoms with Gasteiger partial charge in [0.2, 0.25) is 15.5 Å². The van der Waals surface area contributed by atoms with E-state index in [-0.39, 0.29) is 15.8 Å². The molecule has 1 N–H and O–H groups in total. The van der Waals surface area contributed by atoms with Crippen LogP contribution in [0.4, 0.5) is 0 Å². The van der Waals surface area contributed by atoms with Gasteiger partial charge in [-0.05, 0) is 68.6 Å². The Morgan fingerprint density at radius 3 is 2.53 bits per heavy atom. The van der Waals surface area contributed by atoms with Crippen LogP contribution in [0, 0.1) is 0 Å². The number of aryl methyl sites for hydroxylation is 1. The van der Waals surface area contributed by atoms with Gasteiger partial charge in [0.25, 0.3) is 5.91 Å². The number of benzene rings is 2. The van der Waals surface area contributed by atoms with Crippen LogP contribution in [-0.4, -0.2) is 60.8 Å². The lowest BCUT2D eigenvalue weighted by molar-refractivity contribution is 0.0948. The van der Waals surface area contributed by atoms with E-state index in [9.17, 15) is 18.0 Å². The molecule has 0 bridgehead atoms. The highest BCUT2D eigenvalue weighted by molar-refractivity contribution is 7.89. The van der Waals surface area contributed by atoms with Crippen molar-refractivity contribution in [2.24, 2.45) is 0 Å². The molecule has 1 amide bonds. The SMILES string of the molecule is CCn1cc(C(=O)NCCN2CCCC2)c(=O)c2cc(S(=O)(=O)N3CCc4ccccc4C3)ccc21. The van der Waals surface area contributed by atoms with Crippen molar-refractivity contribution in [3.8, 4) is 0 Å². The lowest BCUT2D eigenvalue weighted by Gasteiger charge is -2.28. The van der Waals surface area contributed by atoms with Crippen molar-refractivity contribution in [1.29, 1.82) is 0 Å². The fourth-order valence-corrected chi connectivity index (χ4v) is 6.66. The van der Waals surface area contributed by atoms with Gasteiger partial charge in [0.15, 0.2) is 0 Å². The van der Waals surface area contributed by atoms with Crippen LogP contribution in [-0.2, 0) is 29.5 Å². The number of pyridine rings is 1. The van der Waals surface area contributed by atoms with Gasteiger partial charge in [0.05, 0.1) is 10.4 Å². The maximum Gasteiger partial charge on any atom is 0.256 e. The van der Waals surface area contributed by atoms with E-state index in [1.807, 2.05) is 35.8 Å². The molecule has 9 heteroatoms. The smallest absolute Gasteiger partial charge is 0.256 e. The van der Waals surface area contributed by atoms with Crippen LogP contribution < -0.4 is 10.7 Å². The third kappa shape index (κ3) is 4.70. The molecular weight excluding hydrogens is 476 g/mol. The zero-order chi connectivity index (χ0) is 25.3. The van der Waals surface area contributed by atoms with Gasteiger partial charge < -0.3 is 14.8 Å². The molecule has 1 saturated heterocycles. The molecule has 8 nitrogen and oxygen atoms in total. The average Bonchev–Trinajstić information content (AvgIpc) is 3.42. The molecule has 0 aliphatic carbocycles. The summed E-state index contributed by atoms with van der Waals surface area (Å²) in [5.74, 6) is -0.427. The third-order valence-corrected chi connectivity index (χ3v) is 9.12. The largest absolute Gasteiger partial charge is 0.351 e. The summed E-state index contributed by atoms with van der Waals surface area (Å²) >= 11 is 0. The number of aromatic nitrogens is 1. The molecule has 0 spiro atoms. The first-order valence-electron chi connectivity index (χ1n) is 12.6. The average molecular weight is 509 g/mol. The number of hydrogen-bond donors (Lipinski definition) is 1. The standard InChI is InChI=1S/C27H32N4O4S/c1-2-30-19-24(27(33)28-12-16-29-13-5-6-14-29)26(32)23-17-22(9-10-25(23)30)36(34,35)31-15-11-20-7-3-4-8-21(20)18-31/h3-4,7-10,17,19H,2,5-6,11-16,18H2,1H3,(H,28,33). The minimum atomic E-state index is -3.81. The van der Waals surface area contributed by atoms with E-state index in [4.69, 9.17) is 0 Å². The molecule has 0 radical (unpaired) electrons. The van der Waals surface area contributed by atoms with Crippen molar-refractivity contribution in [2.75, 3.05) is 32.7 Å². The molecule has 0 unspecified atom stereocenters. The highest BCUT2D eigenvalue weighted by Crippen LogP contribution is 2.26. The van der Waals surface area contributed by atoms with E-state index in [2.05, 4.69) is 10.2 Å². The number of nitrogens with one attached hydrogen (secondary N) is 1. The summed E-state index contributed by atoms with van der Waals surface area (Å²) in [5.41, 5.74) is 2.35. The Balaban J connectivity index is 1.45. The molecule has 2 aromatic carbocycles. The van der Waals surface area contributed by atoms with Gasteiger partial charge >= 0.3 is 0 Å². The number of carbonyl (C=O) groups is 1. The molecule has 1 aromatic heterocycles. The van der Waals surface area contributed by atoms with E-state index in [1.165, 1.54) is 23.2 Å². The van der Waals surface area contributed by atoms with Crippen LogP contribution >= 0.6 is 0 Å². The number of amides is 1. The quantitative estimate of drug-likeness (QED) is 0.530. The molecule has 36 heavy (non-hydrogen) atoms. The minimum absolute atomic E-state index is 0.0345. The second-order valence-electron chi connectivity index (χ2n) is 9.50. The zero-order valence-corrected chi connectivity index (χ0v) is 21.4. The number of likely N-dealkylation sites (tertiary alicyclic amines) is 1. The second kappa shape index (κ2) is 10.2. The molecule has 2 aliphatic heterocycles. The van der Waals surface area contributed by atoms with Crippen molar-refractivity contribution in [2.45, 2.75) is 44.2 Å². The first-order valence-corrected chi connectivity index (χ1v) is 14.1. The summed E-state index contributed by atoms with van der Waals surface area (Å²) in [6.45, 7) is 6.44. The Labute approximate surface area is 211 Å². The van der Waals surface area contributed by atoms with Crippen LogP contribution in [0.5, 0.6) is 0 Å². The van der Waals surface area contributed by atoms with Crippen LogP contribution in [0.15, 0.2) is 58.4 Å². The van der Waals surface area contributed by atoms with E-state index in [0.717, 1.165) is 30.8 Å². The minimum Gasteiger partial charge on any atom is -0.351 e. The molecule has 3 heterocycles. The van der Waals surface area contributed by atoms with Crippen molar-refractivity contribution < 1.29 is 13.2 Å². The van der Waals surface area contributed by atoms with Gasteiger partial charge in [-0.15, -0.1) is 0 Å². The highest BCUT2D eigenvalue weighted by Gasteiger charge is 2.29. The fourth-order valence-electron chi connectivity index (χ4n) is 5.21. The van der Waals surface area contributed by atoms with Gasteiger partial charge in [-0.1, -0.05) is 24.3 Å². The molecule has 2 aliphatic rings. The Morgan fingerprint density at radius 1 is 1.03 bits per heavy atom. The van der Waals surface area contributed by atoms with Gasteiger partial charge in [0, 0.05) is 44.3 Å². The second-order valence-corrected chi connectivity index (χ2v) is 11.4. The zero-order valence-electron chi connectivity index (χ0n) is 20.6. The van der Waals surface area contributed by atoms with E-state index in [0.29, 0.717) is 38.1 Å². The van der Waals surface area contributed by atoms with Gasteiger partial charge in [-0.3, -0.25) is 9.59 Å². The molecule has 0 atom stereocenters. The number of nitrogens with zero attached hydrogens (tertiary/aromatic N) is 3. The first-order chi connectivity index (χ1) is 17.4. The Kier molecular flexibility index (Phi) is 6.96. The number of rotatable bonds is 7. The predicted molar refractivity (Wildman–Crippen MR) is 140 cm³/mol. The summed E-state index contributed by atoms with van der Waals surface area (Å²) in [7, 11) is -3.81. The first kappa shape index (κ1) is 24.7. The van der Waals surface area contributed by atoms with Gasteiger partial charge in [-0.25, -0.2) is 8.42 Å². The maximum atomic E-state index is 13.5. The van der Waals surface area contributed by atoms with Crippen LogP contribution in [0.3, 0.4) is 0 Å². The number of sulfonamides is 1. The van der Waals surface area contributed by atoms with E-state index >= 15 is 0 Å². The summed E-state index contributed by atoms with van der Waals surface area (Å²) in [6, 6.07) is 12.5. The third-order valence-electron chi connectivity index (χ3n) is 7.28. The van der Waals surface area contributed by atoms with Crippen LogP contribution in [0.25, 0.3) is 10.9 Å². The lowest BCUT2D eigenvalue weighted by Crippen LogP contribution is -2.36. The Bertz CT molecular complexity index is 1460. The van der Waals surface area contributed by atoms with Gasteiger partial charge in [-0.2, -0.15) is 4.31 Å². The van der Waals surface area contributed by atoms with Crippen molar-refractivity contribution >= 4 is 26.8 Å². The topological polar surface area (TPSA) is 91.7 Å². The molecule has 0 saturated carbocycles.